The number of carbonyl (C=O) groups excluding carboxylic acids is 1. The van der Waals surface area contributed by atoms with E-state index in [9.17, 15) is 4.79 Å². The maximum atomic E-state index is 12.6. The van der Waals surface area contributed by atoms with Gasteiger partial charge in [-0.3, -0.25) is 9.48 Å². The van der Waals surface area contributed by atoms with Crippen molar-refractivity contribution < 1.29 is 9.21 Å². The van der Waals surface area contributed by atoms with Gasteiger partial charge >= 0.3 is 0 Å². The van der Waals surface area contributed by atoms with Gasteiger partial charge in [0, 0.05) is 51.8 Å². The summed E-state index contributed by atoms with van der Waals surface area (Å²) in [7, 11) is 1.84. The third-order valence-electron chi connectivity index (χ3n) is 4.99. The van der Waals surface area contributed by atoms with Crippen LogP contribution in [0.3, 0.4) is 0 Å². The molecule has 146 valence electrons. The summed E-state index contributed by atoms with van der Waals surface area (Å²) in [6, 6.07) is 12.2. The number of hydrogen-bond donors (Lipinski definition) is 0. The van der Waals surface area contributed by atoms with E-state index in [1.807, 2.05) is 43.1 Å². The fraction of sp³-hybridized carbons (Fsp3) is 0.400. The highest BCUT2D eigenvalue weighted by atomic mass is 16.4. The van der Waals surface area contributed by atoms with E-state index < -0.39 is 0 Å². The van der Waals surface area contributed by atoms with E-state index >= 15 is 0 Å². The Morgan fingerprint density at radius 2 is 1.86 bits per heavy atom. The van der Waals surface area contributed by atoms with Gasteiger partial charge in [-0.2, -0.15) is 5.10 Å². The minimum atomic E-state index is 0.129. The first kappa shape index (κ1) is 18.2. The second-order valence-electron chi connectivity index (χ2n) is 7.00. The van der Waals surface area contributed by atoms with Crippen LogP contribution in [0.2, 0.25) is 0 Å². The van der Waals surface area contributed by atoms with Crippen LogP contribution in [-0.2, 0) is 18.3 Å². The average molecular weight is 380 g/mol. The second-order valence-corrected chi connectivity index (χ2v) is 7.00. The van der Waals surface area contributed by atoms with Gasteiger partial charge in [-0.05, 0) is 25.1 Å². The minimum Gasteiger partial charge on any atom is -0.419 e. The Kier molecular flexibility index (Phi) is 5.10. The number of para-hydroxylation sites is 1. The third kappa shape index (κ3) is 3.90. The summed E-state index contributed by atoms with van der Waals surface area (Å²) in [4.78, 5) is 16.8. The molecule has 0 atom stereocenters. The fourth-order valence-electron chi connectivity index (χ4n) is 3.49. The fourth-order valence-corrected chi connectivity index (χ4v) is 3.49. The zero-order chi connectivity index (χ0) is 19.5. The Balaban J connectivity index is 1.29. The van der Waals surface area contributed by atoms with Crippen molar-refractivity contribution in [2.45, 2.75) is 19.8 Å². The number of amides is 1. The van der Waals surface area contributed by atoms with Crippen LogP contribution in [0.4, 0.5) is 5.69 Å². The van der Waals surface area contributed by atoms with Crippen LogP contribution >= 0.6 is 0 Å². The molecule has 2 aromatic heterocycles. The molecule has 1 saturated heterocycles. The van der Waals surface area contributed by atoms with Crippen molar-refractivity contribution in [2.24, 2.45) is 7.05 Å². The molecule has 8 heteroatoms. The van der Waals surface area contributed by atoms with Crippen LogP contribution in [-0.4, -0.2) is 57.0 Å². The van der Waals surface area contributed by atoms with Crippen molar-refractivity contribution in [1.82, 2.24) is 24.9 Å². The molecule has 3 aromatic rings. The lowest BCUT2D eigenvalue weighted by molar-refractivity contribution is -0.131. The van der Waals surface area contributed by atoms with Crippen LogP contribution in [0.25, 0.3) is 11.6 Å². The molecule has 0 radical (unpaired) electrons. The van der Waals surface area contributed by atoms with Crippen LogP contribution < -0.4 is 4.90 Å². The molecule has 4 rings (SSSR count). The summed E-state index contributed by atoms with van der Waals surface area (Å²) in [6.07, 6.45) is 0.818. The Labute approximate surface area is 163 Å². The van der Waals surface area contributed by atoms with Gasteiger partial charge < -0.3 is 14.2 Å². The van der Waals surface area contributed by atoms with Gasteiger partial charge in [-0.1, -0.05) is 18.2 Å². The summed E-state index contributed by atoms with van der Waals surface area (Å²) in [5.41, 5.74) is 2.88. The highest BCUT2D eigenvalue weighted by Gasteiger charge is 2.22. The summed E-state index contributed by atoms with van der Waals surface area (Å²) in [6.45, 7) is 5.08. The predicted octanol–water partition coefficient (Wildman–Crippen LogP) is 2.06. The van der Waals surface area contributed by atoms with Crippen LogP contribution in [0, 0.1) is 6.92 Å². The number of aryl methyl sites for hydroxylation is 3. The normalized spacial score (nSPS) is 14.5. The third-order valence-corrected chi connectivity index (χ3v) is 4.99. The van der Waals surface area contributed by atoms with Gasteiger partial charge in [0.05, 0.1) is 5.69 Å². The number of aromatic nitrogens is 4. The first-order chi connectivity index (χ1) is 13.6. The monoisotopic (exact) mass is 380 g/mol. The Morgan fingerprint density at radius 3 is 2.54 bits per heavy atom. The molecule has 0 saturated carbocycles. The quantitative estimate of drug-likeness (QED) is 0.674. The van der Waals surface area contributed by atoms with E-state index in [4.69, 9.17) is 4.42 Å². The topological polar surface area (TPSA) is 80.3 Å². The lowest BCUT2D eigenvalue weighted by Crippen LogP contribution is -2.48. The van der Waals surface area contributed by atoms with Crippen molar-refractivity contribution in [3.63, 3.8) is 0 Å². The standard InChI is InChI=1S/C20H24N6O2/c1-15-14-17(24(2)23-15)20-22-21-18(28-20)8-9-19(27)26-12-10-25(11-13-26)16-6-4-3-5-7-16/h3-7,14H,8-13H2,1-2H3. The molecule has 0 bridgehead atoms. The van der Waals surface area contributed by atoms with Gasteiger partial charge in [-0.25, -0.2) is 0 Å². The molecule has 0 aliphatic carbocycles. The molecule has 1 amide bonds. The number of anilines is 1. The van der Waals surface area contributed by atoms with Crippen molar-refractivity contribution in [2.75, 3.05) is 31.1 Å². The molecule has 1 aromatic carbocycles. The number of hydrogen-bond acceptors (Lipinski definition) is 6. The number of benzene rings is 1. The van der Waals surface area contributed by atoms with E-state index in [1.54, 1.807) is 4.68 Å². The van der Waals surface area contributed by atoms with Crippen molar-refractivity contribution in [3.8, 4) is 11.6 Å². The van der Waals surface area contributed by atoms with Crippen LogP contribution in [0.1, 0.15) is 18.0 Å². The van der Waals surface area contributed by atoms with Crippen molar-refractivity contribution in [3.05, 3.63) is 48.0 Å². The minimum absolute atomic E-state index is 0.129. The van der Waals surface area contributed by atoms with Crippen molar-refractivity contribution in [1.29, 1.82) is 0 Å². The van der Waals surface area contributed by atoms with Gasteiger partial charge in [0.15, 0.2) is 0 Å². The van der Waals surface area contributed by atoms with Gasteiger partial charge in [0.25, 0.3) is 5.89 Å². The van der Waals surface area contributed by atoms with Gasteiger partial charge in [0.1, 0.15) is 5.69 Å². The van der Waals surface area contributed by atoms with E-state index in [0.29, 0.717) is 24.6 Å². The molecule has 1 fully saturated rings. The lowest BCUT2D eigenvalue weighted by Gasteiger charge is -2.36. The summed E-state index contributed by atoms with van der Waals surface area (Å²) in [5, 5.41) is 12.4. The molecular weight excluding hydrogens is 356 g/mol. The summed E-state index contributed by atoms with van der Waals surface area (Å²) < 4.78 is 7.43. The maximum absolute atomic E-state index is 12.6. The van der Waals surface area contributed by atoms with E-state index in [0.717, 1.165) is 37.6 Å². The highest BCUT2D eigenvalue weighted by molar-refractivity contribution is 5.76. The van der Waals surface area contributed by atoms with Gasteiger partial charge in [0.2, 0.25) is 11.8 Å². The first-order valence-corrected chi connectivity index (χ1v) is 9.51. The smallest absolute Gasteiger partial charge is 0.265 e. The molecule has 1 aliphatic rings. The van der Waals surface area contributed by atoms with Gasteiger partial charge in [-0.15, -0.1) is 10.2 Å². The largest absolute Gasteiger partial charge is 0.419 e. The number of rotatable bonds is 5. The molecule has 28 heavy (non-hydrogen) atoms. The molecule has 0 spiro atoms. The summed E-state index contributed by atoms with van der Waals surface area (Å²) in [5.74, 6) is 1.04. The molecular formula is C20H24N6O2. The summed E-state index contributed by atoms with van der Waals surface area (Å²) >= 11 is 0. The Bertz CT molecular complexity index is 941. The second kappa shape index (κ2) is 7.84. The molecule has 0 N–H and O–H groups in total. The maximum Gasteiger partial charge on any atom is 0.265 e. The Morgan fingerprint density at radius 1 is 1.11 bits per heavy atom. The van der Waals surface area contributed by atoms with Crippen molar-refractivity contribution >= 4 is 11.6 Å². The zero-order valence-electron chi connectivity index (χ0n) is 16.2. The molecule has 0 unspecified atom stereocenters. The van der Waals surface area contributed by atoms with Crippen LogP contribution in [0.5, 0.6) is 0 Å². The molecule has 1 aliphatic heterocycles. The SMILES string of the molecule is Cc1cc(-c2nnc(CCC(=O)N3CCN(c4ccccc4)CC3)o2)n(C)n1. The molecule has 8 nitrogen and oxygen atoms in total. The average Bonchev–Trinajstić information content (AvgIpc) is 3.32. The van der Waals surface area contributed by atoms with E-state index in [1.165, 1.54) is 5.69 Å². The predicted molar refractivity (Wildman–Crippen MR) is 105 cm³/mol. The lowest BCUT2D eigenvalue weighted by atomic mass is 10.2. The van der Waals surface area contributed by atoms with Crippen LogP contribution in [0.15, 0.2) is 40.8 Å². The molecule has 3 heterocycles. The van der Waals surface area contributed by atoms with E-state index in [-0.39, 0.29) is 5.91 Å². The van der Waals surface area contributed by atoms with E-state index in [2.05, 4.69) is 32.3 Å². The number of carbonyl (C=O) groups is 1. The Hall–Kier alpha value is -3.16. The zero-order valence-corrected chi connectivity index (χ0v) is 16.2. The number of piperazine rings is 1. The highest BCUT2D eigenvalue weighted by Crippen LogP contribution is 2.19. The first-order valence-electron chi connectivity index (χ1n) is 9.51. The number of nitrogens with zero attached hydrogens (tertiary/aromatic N) is 6.